The van der Waals surface area contributed by atoms with Crippen LogP contribution in [0.3, 0.4) is 0 Å². The normalized spacial score (nSPS) is 19.9. The van der Waals surface area contributed by atoms with Crippen LogP contribution in [0.2, 0.25) is 0 Å². The van der Waals surface area contributed by atoms with Crippen LogP contribution in [-0.2, 0) is 19.9 Å². The molecule has 0 radical (unpaired) electrons. The van der Waals surface area contributed by atoms with Gasteiger partial charge in [-0.1, -0.05) is 0 Å². The molecule has 1 atom stereocenters. The van der Waals surface area contributed by atoms with Gasteiger partial charge < -0.3 is 9.64 Å². The number of nitrogens with two attached hydrogens (primary N) is 1. The predicted octanol–water partition coefficient (Wildman–Crippen LogP) is -0.00820. The molecule has 1 amide bonds. The first-order valence-electron chi connectivity index (χ1n) is 7.31. The number of ether oxygens (including phenoxy) is 1. The number of sulfone groups is 1. The molecule has 1 saturated heterocycles. The molecule has 0 aliphatic carbocycles. The number of primary sulfonamides is 1. The van der Waals surface area contributed by atoms with E-state index in [0.717, 1.165) is 6.07 Å². The van der Waals surface area contributed by atoms with Crippen LogP contribution in [0.4, 0.5) is 0 Å². The molecular formula is C14H20N2O6S2. The van der Waals surface area contributed by atoms with Crippen LogP contribution in [0.25, 0.3) is 0 Å². The average Bonchev–Trinajstić information content (AvgIpc) is 2.86. The molecule has 1 aromatic rings. The third-order valence-electron chi connectivity index (χ3n) is 3.98. The fourth-order valence-corrected chi connectivity index (χ4v) is 5.05. The minimum absolute atomic E-state index is 0.0372. The number of rotatable bonds is 5. The Balaban J connectivity index is 2.43. The van der Waals surface area contributed by atoms with E-state index >= 15 is 0 Å². The van der Waals surface area contributed by atoms with Crippen molar-refractivity contribution in [3.63, 3.8) is 0 Å². The van der Waals surface area contributed by atoms with Gasteiger partial charge in [0.25, 0.3) is 5.91 Å². The van der Waals surface area contributed by atoms with Gasteiger partial charge in [-0.2, -0.15) is 0 Å². The molecule has 0 bridgehead atoms. The average molecular weight is 376 g/mol. The predicted molar refractivity (Wildman–Crippen MR) is 88.1 cm³/mol. The Morgan fingerprint density at radius 2 is 2.08 bits per heavy atom. The lowest BCUT2D eigenvalue weighted by atomic mass is 10.1. The van der Waals surface area contributed by atoms with Gasteiger partial charge in [0.15, 0.2) is 9.84 Å². The van der Waals surface area contributed by atoms with E-state index in [0.29, 0.717) is 13.0 Å². The summed E-state index contributed by atoms with van der Waals surface area (Å²) in [4.78, 5) is 14.1. The first-order chi connectivity index (χ1) is 11.1. The van der Waals surface area contributed by atoms with E-state index in [1.165, 1.54) is 24.1 Å². The fraction of sp³-hybridized carbons (Fsp3) is 0.500. The summed E-state index contributed by atoms with van der Waals surface area (Å²) in [5.41, 5.74) is 0.0372. The molecule has 1 aromatic carbocycles. The molecule has 8 nitrogen and oxygen atoms in total. The van der Waals surface area contributed by atoms with E-state index in [9.17, 15) is 21.6 Å². The molecule has 10 heteroatoms. The van der Waals surface area contributed by atoms with E-state index in [4.69, 9.17) is 9.88 Å². The van der Waals surface area contributed by atoms with Crippen molar-refractivity contribution < 1.29 is 26.4 Å². The number of carbonyl (C=O) groups excluding carboxylic acids is 1. The number of nitrogens with zero attached hydrogens (tertiary/aromatic N) is 1. The summed E-state index contributed by atoms with van der Waals surface area (Å²) < 4.78 is 51.5. The molecule has 1 aliphatic rings. The van der Waals surface area contributed by atoms with Crippen molar-refractivity contribution in [2.75, 3.05) is 25.2 Å². The summed E-state index contributed by atoms with van der Waals surface area (Å²) in [6.07, 6.45) is 0.360. The summed E-state index contributed by atoms with van der Waals surface area (Å²) in [6, 6.07) is 3.33. The number of methoxy groups -OCH3 is 1. The quantitative estimate of drug-likeness (QED) is 0.771. The second-order valence-corrected chi connectivity index (χ2v) is 9.35. The maximum absolute atomic E-state index is 12.8. The lowest BCUT2D eigenvalue weighted by Crippen LogP contribution is -2.41. The minimum atomic E-state index is -3.98. The molecule has 2 rings (SSSR count). The Hall–Kier alpha value is -1.65. The second-order valence-electron chi connectivity index (χ2n) is 5.56. The van der Waals surface area contributed by atoms with Gasteiger partial charge in [0.1, 0.15) is 5.75 Å². The number of hydrogen-bond donors (Lipinski definition) is 1. The molecular weight excluding hydrogens is 356 g/mol. The van der Waals surface area contributed by atoms with Gasteiger partial charge in [-0.15, -0.1) is 0 Å². The zero-order chi connectivity index (χ0) is 18.1. The van der Waals surface area contributed by atoms with Crippen molar-refractivity contribution in [3.8, 4) is 5.75 Å². The fourth-order valence-electron chi connectivity index (χ4n) is 2.77. The summed E-state index contributed by atoms with van der Waals surface area (Å²) in [5.74, 6) is -0.340. The molecule has 0 spiro atoms. The molecule has 0 aromatic heterocycles. The van der Waals surface area contributed by atoms with E-state index < -0.39 is 31.8 Å². The van der Waals surface area contributed by atoms with Crippen LogP contribution in [0.5, 0.6) is 5.75 Å². The Morgan fingerprint density at radius 1 is 1.42 bits per heavy atom. The molecule has 134 valence electrons. The van der Waals surface area contributed by atoms with Gasteiger partial charge in [-0.05, 0) is 31.5 Å². The summed E-state index contributed by atoms with van der Waals surface area (Å²) >= 11 is 0. The van der Waals surface area contributed by atoms with Gasteiger partial charge in [-0.3, -0.25) is 4.79 Å². The van der Waals surface area contributed by atoms with Gasteiger partial charge in [-0.25, -0.2) is 22.0 Å². The molecule has 1 unspecified atom stereocenters. The SMILES string of the molecule is CCN(C(=O)c1cc(S(N)(=O)=O)ccc1OC)C1CCS(=O)(=O)C1. The molecule has 1 aliphatic heterocycles. The van der Waals surface area contributed by atoms with E-state index in [1.54, 1.807) is 6.92 Å². The lowest BCUT2D eigenvalue weighted by Gasteiger charge is -2.27. The topological polar surface area (TPSA) is 124 Å². The van der Waals surface area contributed by atoms with Crippen LogP contribution >= 0.6 is 0 Å². The summed E-state index contributed by atoms with van der Waals surface area (Å²) in [6.45, 7) is 2.03. The summed E-state index contributed by atoms with van der Waals surface area (Å²) in [7, 11) is -5.77. The smallest absolute Gasteiger partial charge is 0.257 e. The van der Waals surface area contributed by atoms with Gasteiger partial charge in [0, 0.05) is 12.6 Å². The largest absolute Gasteiger partial charge is 0.496 e. The van der Waals surface area contributed by atoms with Crippen LogP contribution < -0.4 is 9.88 Å². The molecule has 2 N–H and O–H groups in total. The first kappa shape index (κ1) is 18.7. The highest BCUT2D eigenvalue weighted by Crippen LogP contribution is 2.26. The summed E-state index contributed by atoms with van der Waals surface area (Å²) in [5, 5.41) is 5.11. The Bertz CT molecular complexity index is 848. The number of benzene rings is 1. The van der Waals surface area contributed by atoms with Crippen LogP contribution in [0.15, 0.2) is 23.1 Å². The third kappa shape index (κ3) is 3.87. The standard InChI is InChI=1S/C14H20N2O6S2/c1-3-16(10-6-7-23(18,19)9-10)14(17)12-8-11(24(15,20)21)4-5-13(12)22-2/h4-5,8,10H,3,6-7,9H2,1-2H3,(H2,15,20,21). The van der Waals surface area contributed by atoms with E-state index in [2.05, 4.69) is 0 Å². The zero-order valence-corrected chi connectivity index (χ0v) is 15.1. The number of hydrogen-bond acceptors (Lipinski definition) is 6. The molecule has 1 heterocycles. The van der Waals surface area contributed by atoms with E-state index in [-0.39, 0.29) is 27.7 Å². The Morgan fingerprint density at radius 3 is 2.54 bits per heavy atom. The zero-order valence-electron chi connectivity index (χ0n) is 13.4. The van der Waals surface area contributed by atoms with Gasteiger partial charge in [0.2, 0.25) is 10.0 Å². The highest BCUT2D eigenvalue weighted by molar-refractivity contribution is 7.91. The number of carbonyl (C=O) groups is 1. The second kappa shape index (κ2) is 6.69. The lowest BCUT2D eigenvalue weighted by molar-refractivity contribution is 0.0704. The van der Waals surface area contributed by atoms with Crippen molar-refractivity contribution in [1.29, 1.82) is 0 Å². The highest BCUT2D eigenvalue weighted by atomic mass is 32.2. The maximum atomic E-state index is 12.8. The van der Waals surface area contributed by atoms with Crippen molar-refractivity contribution in [2.45, 2.75) is 24.3 Å². The Labute approximate surface area is 141 Å². The van der Waals surface area contributed by atoms with Crippen molar-refractivity contribution in [2.24, 2.45) is 5.14 Å². The monoisotopic (exact) mass is 376 g/mol. The molecule has 1 fully saturated rings. The van der Waals surface area contributed by atoms with Gasteiger partial charge in [0.05, 0.1) is 29.1 Å². The van der Waals surface area contributed by atoms with Crippen molar-refractivity contribution in [3.05, 3.63) is 23.8 Å². The molecule has 24 heavy (non-hydrogen) atoms. The first-order valence-corrected chi connectivity index (χ1v) is 10.7. The van der Waals surface area contributed by atoms with Crippen LogP contribution in [-0.4, -0.2) is 58.8 Å². The number of amides is 1. The number of sulfonamides is 1. The highest BCUT2D eigenvalue weighted by Gasteiger charge is 2.35. The van der Waals surface area contributed by atoms with Crippen molar-refractivity contribution >= 4 is 25.8 Å². The maximum Gasteiger partial charge on any atom is 0.257 e. The van der Waals surface area contributed by atoms with Crippen LogP contribution in [0, 0.1) is 0 Å². The van der Waals surface area contributed by atoms with E-state index in [1.807, 2.05) is 0 Å². The molecule has 0 saturated carbocycles. The minimum Gasteiger partial charge on any atom is -0.496 e. The van der Waals surface area contributed by atoms with Gasteiger partial charge >= 0.3 is 0 Å². The van der Waals surface area contributed by atoms with Crippen molar-refractivity contribution in [1.82, 2.24) is 4.90 Å². The Kier molecular flexibility index (Phi) is 5.21. The third-order valence-corrected chi connectivity index (χ3v) is 6.64. The van der Waals surface area contributed by atoms with Crippen LogP contribution in [0.1, 0.15) is 23.7 Å².